The van der Waals surface area contributed by atoms with E-state index in [1.807, 2.05) is 11.0 Å². The summed E-state index contributed by atoms with van der Waals surface area (Å²) < 4.78 is 11.6. The van der Waals surface area contributed by atoms with Gasteiger partial charge in [0.1, 0.15) is 6.10 Å². The highest BCUT2D eigenvalue weighted by Gasteiger charge is 2.67. The number of amides is 1. The Balaban J connectivity index is 1.70. The molecule has 1 aromatic carbocycles. The predicted octanol–water partition coefficient (Wildman–Crippen LogP) is 0.545. The zero-order valence-electron chi connectivity index (χ0n) is 13.7. The molecule has 3 saturated heterocycles. The second-order valence-corrected chi connectivity index (χ2v) is 12.2. The third-order valence-electron chi connectivity index (χ3n) is 6.06. The molecule has 23 heavy (non-hydrogen) atoms. The normalized spacial score (nSPS) is 39.1. The lowest BCUT2D eigenvalue weighted by atomic mass is 9.97. The fourth-order valence-corrected chi connectivity index (χ4v) is 7.93. The van der Waals surface area contributed by atoms with E-state index in [1.54, 1.807) is 7.11 Å². The first-order chi connectivity index (χ1) is 11.0. The van der Waals surface area contributed by atoms with Crippen molar-refractivity contribution in [1.29, 1.82) is 0 Å². The van der Waals surface area contributed by atoms with Crippen LogP contribution >= 0.6 is 0 Å². The summed E-state index contributed by atoms with van der Waals surface area (Å²) in [4.78, 5) is 14.3. The van der Waals surface area contributed by atoms with Gasteiger partial charge in [-0.2, -0.15) is 0 Å². The number of nitrogens with zero attached hydrogens (tertiary/aromatic N) is 1. The van der Waals surface area contributed by atoms with Crippen LogP contribution in [0.2, 0.25) is 18.6 Å². The highest BCUT2D eigenvalue weighted by molar-refractivity contribution is 6.91. The predicted molar refractivity (Wildman–Crippen MR) is 88.0 cm³/mol. The van der Waals surface area contributed by atoms with Gasteiger partial charge in [0.25, 0.3) is 5.91 Å². The Morgan fingerprint density at radius 3 is 2.65 bits per heavy atom. The molecule has 5 nitrogen and oxygen atoms in total. The molecule has 1 N–H and O–H groups in total. The first-order valence-corrected chi connectivity index (χ1v) is 11.3. The number of ether oxygens (including phenoxy) is 2. The van der Waals surface area contributed by atoms with E-state index in [-0.39, 0.29) is 24.0 Å². The molecule has 3 aliphatic rings. The quantitative estimate of drug-likeness (QED) is 0.821. The molecule has 3 aliphatic heterocycles. The zero-order chi connectivity index (χ0) is 16.4. The van der Waals surface area contributed by atoms with Crippen molar-refractivity contribution < 1.29 is 19.4 Å². The number of carbonyl (C=O) groups excluding carboxylic acids is 1. The standard InChI is InChI=1S/C17H23NO4Si/c1-21-17-12-13-15(22-17)11(9-18(13)16(20)14(12)19)23(2,3)10-7-5-4-6-8-10/h4-8,11-15,17,19H,9H2,1-3H3/t11-,12-,13-,14-,15-,17+/m1/s1. The first-order valence-electron chi connectivity index (χ1n) is 8.19. The van der Waals surface area contributed by atoms with Gasteiger partial charge in [-0.05, 0) is 0 Å². The molecule has 0 bridgehead atoms. The summed E-state index contributed by atoms with van der Waals surface area (Å²) in [5.74, 6) is -0.418. The molecular weight excluding hydrogens is 310 g/mol. The van der Waals surface area contributed by atoms with Crippen LogP contribution in [0.1, 0.15) is 0 Å². The second-order valence-electron chi connectivity index (χ2n) is 7.40. The van der Waals surface area contributed by atoms with Crippen LogP contribution < -0.4 is 5.19 Å². The molecule has 4 rings (SSSR count). The molecular formula is C17H23NO4Si. The van der Waals surface area contributed by atoms with Crippen LogP contribution in [0.15, 0.2) is 30.3 Å². The number of methoxy groups -OCH3 is 1. The molecule has 6 heteroatoms. The van der Waals surface area contributed by atoms with Gasteiger partial charge in [-0.3, -0.25) is 4.79 Å². The number of aliphatic hydroxyl groups excluding tert-OH is 1. The first kappa shape index (κ1) is 15.3. The largest absolute Gasteiger partial charge is 0.383 e. The number of rotatable bonds is 3. The number of hydrogen-bond acceptors (Lipinski definition) is 4. The summed E-state index contributed by atoms with van der Waals surface area (Å²) in [6.07, 6.45) is -1.51. The van der Waals surface area contributed by atoms with Gasteiger partial charge >= 0.3 is 0 Å². The maximum Gasteiger partial charge on any atom is 0.252 e. The molecule has 0 saturated carbocycles. The van der Waals surface area contributed by atoms with E-state index in [1.165, 1.54) is 5.19 Å². The molecule has 3 fully saturated rings. The van der Waals surface area contributed by atoms with Crippen molar-refractivity contribution in [2.24, 2.45) is 5.92 Å². The van der Waals surface area contributed by atoms with Crippen molar-refractivity contribution in [2.75, 3.05) is 13.7 Å². The third kappa shape index (κ3) is 1.99. The Morgan fingerprint density at radius 2 is 2.00 bits per heavy atom. The maximum atomic E-state index is 12.4. The highest BCUT2D eigenvalue weighted by atomic mass is 28.3. The van der Waals surface area contributed by atoms with Crippen molar-refractivity contribution in [2.45, 2.75) is 43.2 Å². The van der Waals surface area contributed by atoms with Crippen LogP contribution in [0.3, 0.4) is 0 Å². The molecule has 3 heterocycles. The average molecular weight is 333 g/mol. The fraction of sp³-hybridized carbons (Fsp3) is 0.588. The Morgan fingerprint density at radius 1 is 1.30 bits per heavy atom. The minimum atomic E-state index is -1.82. The maximum absolute atomic E-state index is 12.4. The Kier molecular flexibility index (Phi) is 3.43. The van der Waals surface area contributed by atoms with Gasteiger partial charge in [0, 0.05) is 19.2 Å². The van der Waals surface area contributed by atoms with E-state index in [0.717, 1.165) is 0 Å². The lowest BCUT2D eigenvalue weighted by Gasteiger charge is -2.33. The average Bonchev–Trinajstić information content (AvgIpc) is 3.17. The molecule has 1 amide bonds. The monoisotopic (exact) mass is 333 g/mol. The van der Waals surface area contributed by atoms with E-state index in [0.29, 0.717) is 12.1 Å². The summed E-state index contributed by atoms with van der Waals surface area (Å²) in [6, 6.07) is 10.5. The number of aliphatic hydroxyl groups is 1. The van der Waals surface area contributed by atoms with Crippen molar-refractivity contribution in [3.8, 4) is 0 Å². The van der Waals surface area contributed by atoms with Crippen LogP contribution in [-0.2, 0) is 14.3 Å². The number of carbonyl (C=O) groups is 1. The van der Waals surface area contributed by atoms with E-state index < -0.39 is 20.5 Å². The van der Waals surface area contributed by atoms with Crippen LogP contribution in [0.25, 0.3) is 0 Å². The van der Waals surface area contributed by atoms with E-state index in [2.05, 4.69) is 37.4 Å². The summed E-state index contributed by atoms with van der Waals surface area (Å²) in [5.41, 5.74) is 0.314. The summed E-state index contributed by atoms with van der Waals surface area (Å²) >= 11 is 0. The molecule has 0 radical (unpaired) electrons. The summed E-state index contributed by atoms with van der Waals surface area (Å²) in [5, 5.41) is 11.6. The van der Waals surface area contributed by atoms with Gasteiger partial charge in [0.15, 0.2) is 6.29 Å². The van der Waals surface area contributed by atoms with Gasteiger partial charge in [0.2, 0.25) is 0 Å². The van der Waals surface area contributed by atoms with Crippen LogP contribution in [-0.4, -0.2) is 62.2 Å². The van der Waals surface area contributed by atoms with Gasteiger partial charge in [-0.25, -0.2) is 0 Å². The minimum absolute atomic E-state index is 0.0343. The second kappa shape index (κ2) is 5.14. The van der Waals surface area contributed by atoms with Crippen molar-refractivity contribution in [1.82, 2.24) is 4.90 Å². The highest BCUT2D eigenvalue weighted by Crippen LogP contribution is 2.51. The zero-order valence-corrected chi connectivity index (χ0v) is 14.7. The van der Waals surface area contributed by atoms with Crippen LogP contribution in [0.4, 0.5) is 0 Å². The SMILES string of the molecule is CO[C@H]1O[C@H]2[C@H]3[C@@H]1[C@@H](O)C(=O)N3C[C@H]2[Si](C)(C)c1ccccc1. The van der Waals surface area contributed by atoms with Gasteiger partial charge in [-0.15, -0.1) is 0 Å². The molecule has 0 spiro atoms. The van der Waals surface area contributed by atoms with Gasteiger partial charge in [-0.1, -0.05) is 48.6 Å². The van der Waals surface area contributed by atoms with Crippen molar-refractivity contribution >= 4 is 19.2 Å². The molecule has 124 valence electrons. The molecule has 0 aromatic heterocycles. The smallest absolute Gasteiger partial charge is 0.252 e. The minimum Gasteiger partial charge on any atom is -0.383 e. The Hall–Kier alpha value is -1.21. The Labute approximate surface area is 137 Å². The molecule has 6 atom stereocenters. The van der Waals surface area contributed by atoms with Crippen LogP contribution in [0.5, 0.6) is 0 Å². The lowest BCUT2D eigenvalue weighted by Crippen LogP contribution is -2.50. The van der Waals surface area contributed by atoms with E-state index >= 15 is 0 Å². The third-order valence-corrected chi connectivity index (χ3v) is 10.3. The van der Waals surface area contributed by atoms with Crippen LogP contribution in [0, 0.1) is 5.92 Å². The topological polar surface area (TPSA) is 59.0 Å². The van der Waals surface area contributed by atoms with Gasteiger partial charge < -0.3 is 19.5 Å². The van der Waals surface area contributed by atoms with Crippen molar-refractivity contribution in [3.63, 3.8) is 0 Å². The number of hydrogen-bond donors (Lipinski definition) is 1. The Bertz CT molecular complexity index is 622. The van der Waals surface area contributed by atoms with E-state index in [9.17, 15) is 9.90 Å². The molecule has 0 unspecified atom stereocenters. The van der Waals surface area contributed by atoms with Gasteiger partial charge in [0.05, 0.1) is 26.1 Å². The summed E-state index contributed by atoms with van der Waals surface area (Å²) in [7, 11) is -0.236. The fourth-order valence-electron chi connectivity index (χ4n) is 4.70. The number of benzene rings is 1. The van der Waals surface area contributed by atoms with E-state index in [4.69, 9.17) is 9.47 Å². The van der Waals surface area contributed by atoms with Crippen molar-refractivity contribution in [3.05, 3.63) is 30.3 Å². The molecule has 1 aromatic rings. The lowest BCUT2D eigenvalue weighted by molar-refractivity contribution is -0.155. The molecule has 0 aliphatic carbocycles. The summed E-state index contributed by atoms with van der Waals surface area (Å²) in [6.45, 7) is 5.37.